The third-order valence-corrected chi connectivity index (χ3v) is 2.05. The van der Waals surface area contributed by atoms with Gasteiger partial charge in [0, 0.05) is 0 Å². The van der Waals surface area contributed by atoms with Crippen molar-refractivity contribution in [2.45, 2.75) is 0 Å². The Balaban J connectivity index is 2.95. The van der Waals surface area contributed by atoms with E-state index in [9.17, 15) is 4.39 Å². The molecule has 0 bridgehead atoms. The lowest BCUT2D eigenvalue weighted by molar-refractivity contribution is 0.635. The fraction of sp³-hybridized carbons (Fsp3) is 0. The number of hydrogen-bond acceptors (Lipinski definition) is 3. The summed E-state index contributed by atoms with van der Waals surface area (Å²) in [5.74, 6) is -0.292. The predicted octanol–water partition coefficient (Wildman–Crippen LogP) is 1.83. The van der Waals surface area contributed by atoms with Gasteiger partial charge in [-0.05, 0) is 0 Å². The van der Waals surface area contributed by atoms with Crippen LogP contribution in [0.1, 0.15) is 0 Å². The van der Waals surface area contributed by atoms with Crippen molar-refractivity contribution >= 4 is 21.6 Å². The summed E-state index contributed by atoms with van der Waals surface area (Å²) in [7, 11) is 0. The predicted molar refractivity (Wildman–Crippen MR) is 37.4 cm³/mol. The standard InChI is InChI=1S/C6H3FN2S/c7-4-1-8-2-5-6(4)10-3-9-5/h1-3H. The van der Waals surface area contributed by atoms with Gasteiger partial charge in [-0.3, -0.25) is 4.98 Å². The minimum atomic E-state index is -0.292. The zero-order valence-electron chi connectivity index (χ0n) is 4.91. The Morgan fingerprint density at radius 1 is 1.40 bits per heavy atom. The maximum absolute atomic E-state index is 12.7. The van der Waals surface area contributed by atoms with Gasteiger partial charge in [-0.1, -0.05) is 0 Å². The summed E-state index contributed by atoms with van der Waals surface area (Å²) in [6.07, 6.45) is 2.75. The van der Waals surface area contributed by atoms with E-state index in [0.29, 0.717) is 10.2 Å². The smallest absolute Gasteiger partial charge is 0.160 e. The molecule has 0 unspecified atom stereocenters. The first kappa shape index (κ1) is 5.73. The summed E-state index contributed by atoms with van der Waals surface area (Å²) < 4.78 is 13.3. The fourth-order valence-electron chi connectivity index (χ4n) is 0.757. The van der Waals surface area contributed by atoms with Gasteiger partial charge in [0.1, 0.15) is 5.52 Å². The molecule has 0 spiro atoms. The highest BCUT2D eigenvalue weighted by molar-refractivity contribution is 7.16. The van der Waals surface area contributed by atoms with E-state index in [1.165, 1.54) is 17.5 Å². The van der Waals surface area contributed by atoms with Crippen LogP contribution >= 0.6 is 11.3 Å². The molecule has 0 saturated carbocycles. The molecule has 0 saturated heterocycles. The maximum Gasteiger partial charge on any atom is 0.160 e. The van der Waals surface area contributed by atoms with E-state index in [1.807, 2.05) is 0 Å². The molecule has 0 aromatic carbocycles. The Morgan fingerprint density at radius 2 is 2.30 bits per heavy atom. The molecule has 0 amide bonds. The Labute approximate surface area is 60.4 Å². The Hall–Kier alpha value is -1.03. The summed E-state index contributed by atoms with van der Waals surface area (Å²) in [5, 5.41) is 0. The molecular weight excluding hydrogens is 151 g/mol. The van der Waals surface area contributed by atoms with Crippen molar-refractivity contribution in [3.63, 3.8) is 0 Å². The van der Waals surface area contributed by atoms with Crippen molar-refractivity contribution in [2.24, 2.45) is 0 Å². The molecule has 0 atom stereocenters. The molecule has 2 rings (SSSR count). The van der Waals surface area contributed by atoms with Gasteiger partial charge in [0.15, 0.2) is 5.82 Å². The van der Waals surface area contributed by atoms with E-state index in [0.717, 1.165) is 0 Å². The lowest BCUT2D eigenvalue weighted by atomic mass is 10.4. The highest BCUT2D eigenvalue weighted by atomic mass is 32.1. The second-order valence-electron chi connectivity index (χ2n) is 1.82. The number of halogens is 1. The quantitative estimate of drug-likeness (QED) is 0.578. The minimum Gasteiger partial charge on any atom is -0.259 e. The summed E-state index contributed by atoms with van der Waals surface area (Å²) in [6, 6.07) is 0. The van der Waals surface area contributed by atoms with Crippen molar-refractivity contribution in [2.75, 3.05) is 0 Å². The van der Waals surface area contributed by atoms with Crippen LogP contribution in [0.25, 0.3) is 10.2 Å². The Bertz CT molecular complexity index is 357. The van der Waals surface area contributed by atoms with Crippen molar-refractivity contribution in [3.8, 4) is 0 Å². The van der Waals surface area contributed by atoms with E-state index in [2.05, 4.69) is 9.97 Å². The van der Waals surface area contributed by atoms with Crippen molar-refractivity contribution in [3.05, 3.63) is 23.7 Å². The number of thiazole rings is 1. The van der Waals surface area contributed by atoms with Gasteiger partial charge in [0.2, 0.25) is 0 Å². The van der Waals surface area contributed by atoms with Crippen molar-refractivity contribution in [1.29, 1.82) is 0 Å². The van der Waals surface area contributed by atoms with Crippen LogP contribution in [0.5, 0.6) is 0 Å². The van der Waals surface area contributed by atoms with Gasteiger partial charge in [-0.15, -0.1) is 11.3 Å². The minimum absolute atomic E-state index is 0.292. The molecule has 10 heavy (non-hydrogen) atoms. The van der Waals surface area contributed by atoms with Gasteiger partial charge in [0.05, 0.1) is 22.6 Å². The van der Waals surface area contributed by atoms with Crippen LogP contribution < -0.4 is 0 Å². The van der Waals surface area contributed by atoms with Crippen LogP contribution in [-0.4, -0.2) is 9.97 Å². The van der Waals surface area contributed by atoms with E-state index < -0.39 is 0 Å². The summed E-state index contributed by atoms with van der Waals surface area (Å²) in [4.78, 5) is 7.55. The number of fused-ring (bicyclic) bond motifs is 1. The molecule has 0 N–H and O–H groups in total. The Morgan fingerprint density at radius 3 is 3.10 bits per heavy atom. The van der Waals surface area contributed by atoms with Crippen LogP contribution in [-0.2, 0) is 0 Å². The zero-order valence-corrected chi connectivity index (χ0v) is 5.73. The van der Waals surface area contributed by atoms with Crippen LogP contribution in [0.2, 0.25) is 0 Å². The molecule has 4 heteroatoms. The lowest BCUT2D eigenvalue weighted by Crippen LogP contribution is -1.76. The number of pyridine rings is 1. The van der Waals surface area contributed by atoms with Crippen LogP contribution in [0.4, 0.5) is 4.39 Å². The van der Waals surface area contributed by atoms with Gasteiger partial charge >= 0.3 is 0 Å². The number of hydrogen-bond donors (Lipinski definition) is 0. The first-order chi connectivity index (χ1) is 4.88. The largest absolute Gasteiger partial charge is 0.259 e. The molecule has 2 aromatic heterocycles. The maximum atomic E-state index is 12.7. The molecule has 0 fully saturated rings. The van der Waals surface area contributed by atoms with Crippen LogP contribution in [0, 0.1) is 5.82 Å². The van der Waals surface area contributed by atoms with E-state index in [-0.39, 0.29) is 5.82 Å². The molecule has 2 nitrogen and oxygen atoms in total. The highest BCUT2D eigenvalue weighted by Crippen LogP contribution is 2.18. The third kappa shape index (κ3) is 0.690. The lowest BCUT2D eigenvalue weighted by Gasteiger charge is -1.85. The van der Waals surface area contributed by atoms with Crippen LogP contribution in [0.3, 0.4) is 0 Å². The van der Waals surface area contributed by atoms with Gasteiger partial charge in [-0.25, -0.2) is 9.37 Å². The molecule has 50 valence electrons. The summed E-state index contributed by atoms with van der Waals surface area (Å²) in [6.45, 7) is 0. The third-order valence-electron chi connectivity index (χ3n) is 1.20. The first-order valence-electron chi connectivity index (χ1n) is 2.70. The van der Waals surface area contributed by atoms with Gasteiger partial charge in [-0.2, -0.15) is 0 Å². The number of aromatic nitrogens is 2. The monoisotopic (exact) mass is 154 g/mol. The topological polar surface area (TPSA) is 25.8 Å². The molecule has 0 aliphatic rings. The number of nitrogens with zero attached hydrogens (tertiary/aromatic N) is 2. The van der Waals surface area contributed by atoms with E-state index in [4.69, 9.17) is 0 Å². The summed E-state index contributed by atoms with van der Waals surface area (Å²) in [5.41, 5.74) is 2.24. The average molecular weight is 154 g/mol. The SMILES string of the molecule is Fc1cncc2ncsc12. The van der Waals surface area contributed by atoms with Crippen molar-refractivity contribution < 1.29 is 4.39 Å². The second-order valence-corrected chi connectivity index (χ2v) is 2.68. The van der Waals surface area contributed by atoms with E-state index >= 15 is 0 Å². The fourth-order valence-corrected chi connectivity index (χ4v) is 1.42. The summed E-state index contributed by atoms with van der Waals surface area (Å²) >= 11 is 1.29. The molecule has 0 aliphatic carbocycles. The molecule has 2 heterocycles. The average Bonchev–Trinajstić information content (AvgIpc) is 2.36. The Kier molecular flexibility index (Phi) is 1.14. The molecule has 0 aliphatic heterocycles. The van der Waals surface area contributed by atoms with E-state index in [1.54, 1.807) is 11.7 Å². The normalized spacial score (nSPS) is 10.5. The molecule has 2 aromatic rings. The number of rotatable bonds is 0. The molecular formula is C6H3FN2S. The van der Waals surface area contributed by atoms with Gasteiger partial charge < -0.3 is 0 Å². The second kappa shape index (κ2) is 1.98. The zero-order chi connectivity index (χ0) is 6.97. The van der Waals surface area contributed by atoms with Crippen LogP contribution in [0.15, 0.2) is 17.9 Å². The highest BCUT2D eigenvalue weighted by Gasteiger charge is 2.00. The molecule has 0 radical (unpaired) electrons. The van der Waals surface area contributed by atoms with Crippen molar-refractivity contribution in [1.82, 2.24) is 9.97 Å². The van der Waals surface area contributed by atoms with Gasteiger partial charge in [0.25, 0.3) is 0 Å². The first-order valence-corrected chi connectivity index (χ1v) is 3.58.